The maximum absolute atomic E-state index is 14.2. The van der Waals surface area contributed by atoms with Gasteiger partial charge >= 0.3 is 0 Å². The van der Waals surface area contributed by atoms with Crippen molar-refractivity contribution in [3.8, 4) is 17.2 Å². The minimum absolute atomic E-state index is 0.297. The highest BCUT2D eigenvalue weighted by molar-refractivity contribution is 9.10. The molecule has 0 saturated heterocycles. The summed E-state index contributed by atoms with van der Waals surface area (Å²) in [6.07, 6.45) is 1.74. The van der Waals surface area contributed by atoms with Crippen molar-refractivity contribution < 1.29 is 19.0 Å². The molecule has 0 saturated carbocycles. The van der Waals surface area contributed by atoms with Crippen LogP contribution in [-0.4, -0.2) is 24.7 Å². The Morgan fingerprint density at radius 1 is 1.02 bits per heavy atom. The predicted octanol–water partition coefficient (Wildman–Crippen LogP) is 6.89. The van der Waals surface area contributed by atoms with Crippen molar-refractivity contribution in [2.75, 3.05) is 19.5 Å². The number of nitrogens with zero attached hydrogens (tertiary/aromatic N) is 2. The van der Waals surface area contributed by atoms with Crippen LogP contribution in [0.4, 0.5) is 5.69 Å². The number of nitrogens with one attached hydrogen (secondary N) is 1. The van der Waals surface area contributed by atoms with Crippen molar-refractivity contribution in [3.63, 3.8) is 0 Å². The van der Waals surface area contributed by atoms with Crippen molar-refractivity contribution in [2.24, 2.45) is 4.99 Å². The fourth-order valence-electron chi connectivity index (χ4n) is 5.31. The Labute approximate surface area is 288 Å². The van der Waals surface area contributed by atoms with Crippen LogP contribution < -0.4 is 34.4 Å². The summed E-state index contributed by atoms with van der Waals surface area (Å²) in [6, 6.07) is 27.0. The standard InChI is InChI=1S/C36H29BrClN3O5S/c1-21-31(34(42)40-26-9-5-4-6-10-26)32(24-8-7-11-27(19-24)44-2)41-35(43)30(47-36(41)39-21)18-23-16-28(38)33(29(17-23)45-3)46-20-22-12-14-25(37)15-13-22/h4-19,32H,20H2,1-3H3,(H,40,42)/b30-18-/t32-/m0/s1. The molecule has 4 aromatic carbocycles. The lowest BCUT2D eigenvalue weighted by Crippen LogP contribution is -2.40. The summed E-state index contributed by atoms with van der Waals surface area (Å²) in [5, 5.41) is 3.30. The Kier molecular flexibility index (Phi) is 9.63. The third kappa shape index (κ3) is 6.90. The summed E-state index contributed by atoms with van der Waals surface area (Å²) in [5.74, 6) is 1.08. The quantitative estimate of drug-likeness (QED) is 0.179. The Balaban J connectivity index is 1.41. The van der Waals surface area contributed by atoms with Gasteiger partial charge in [-0.3, -0.25) is 14.2 Å². The van der Waals surface area contributed by atoms with Gasteiger partial charge in [-0.15, -0.1) is 0 Å². The molecule has 0 unspecified atom stereocenters. The molecular weight excluding hydrogens is 702 g/mol. The lowest BCUT2D eigenvalue weighted by Gasteiger charge is -2.25. The molecule has 0 spiro atoms. The van der Waals surface area contributed by atoms with E-state index in [0.717, 1.165) is 10.0 Å². The number of hydrogen-bond donors (Lipinski definition) is 1. The van der Waals surface area contributed by atoms with E-state index in [9.17, 15) is 9.59 Å². The van der Waals surface area contributed by atoms with Crippen LogP contribution in [-0.2, 0) is 11.4 Å². The molecule has 6 rings (SSSR count). The van der Waals surface area contributed by atoms with Crippen molar-refractivity contribution in [3.05, 3.63) is 148 Å². The first-order valence-electron chi connectivity index (χ1n) is 14.5. The molecule has 1 atom stereocenters. The first-order chi connectivity index (χ1) is 22.7. The monoisotopic (exact) mass is 729 g/mol. The predicted molar refractivity (Wildman–Crippen MR) is 188 cm³/mol. The fraction of sp³-hybridized carbons (Fsp3) is 0.139. The van der Waals surface area contributed by atoms with E-state index in [1.165, 1.54) is 18.4 Å². The van der Waals surface area contributed by atoms with Gasteiger partial charge in [-0.05, 0) is 78.2 Å². The average Bonchev–Trinajstić information content (AvgIpc) is 3.37. The first kappa shape index (κ1) is 32.3. The van der Waals surface area contributed by atoms with Crippen molar-refractivity contribution >= 4 is 56.5 Å². The number of methoxy groups -OCH3 is 2. The summed E-state index contributed by atoms with van der Waals surface area (Å²) in [5.41, 5.74) is 3.52. The molecule has 1 aliphatic rings. The first-order valence-corrected chi connectivity index (χ1v) is 16.5. The van der Waals surface area contributed by atoms with Crippen molar-refractivity contribution in [1.29, 1.82) is 0 Å². The molecule has 0 fully saturated rings. The number of allylic oxidation sites excluding steroid dienone is 1. The number of fused-ring (bicyclic) bond motifs is 1. The molecule has 11 heteroatoms. The summed E-state index contributed by atoms with van der Waals surface area (Å²) in [6.45, 7) is 2.08. The molecule has 1 aliphatic heterocycles. The van der Waals surface area contributed by atoms with E-state index >= 15 is 0 Å². The van der Waals surface area contributed by atoms with E-state index < -0.39 is 6.04 Å². The molecule has 0 radical (unpaired) electrons. The van der Waals surface area contributed by atoms with E-state index in [0.29, 0.717) is 66.3 Å². The van der Waals surface area contributed by atoms with Crippen molar-refractivity contribution in [2.45, 2.75) is 19.6 Å². The molecule has 47 heavy (non-hydrogen) atoms. The van der Waals surface area contributed by atoms with Gasteiger partial charge in [-0.25, -0.2) is 4.99 Å². The Morgan fingerprint density at radius 2 is 1.79 bits per heavy atom. The van der Waals surface area contributed by atoms with E-state index in [4.69, 9.17) is 30.8 Å². The van der Waals surface area contributed by atoms with Crippen LogP contribution in [0.15, 0.2) is 117 Å². The number of para-hydroxylation sites is 1. The molecule has 5 aromatic rings. The van der Waals surface area contributed by atoms with Crippen LogP contribution in [0.25, 0.3) is 6.08 Å². The fourth-order valence-corrected chi connectivity index (χ4v) is 6.89. The van der Waals surface area contributed by atoms with Crippen molar-refractivity contribution in [1.82, 2.24) is 4.57 Å². The second-order valence-electron chi connectivity index (χ2n) is 10.6. The largest absolute Gasteiger partial charge is 0.497 e. The highest BCUT2D eigenvalue weighted by Crippen LogP contribution is 2.37. The van der Waals surface area contributed by atoms with Gasteiger partial charge in [-0.1, -0.05) is 81.3 Å². The number of halogens is 2. The zero-order valence-corrected chi connectivity index (χ0v) is 28.8. The highest BCUT2D eigenvalue weighted by Gasteiger charge is 2.33. The third-order valence-electron chi connectivity index (χ3n) is 7.55. The van der Waals surface area contributed by atoms with Crippen LogP contribution in [0, 0.1) is 0 Å². The number of benzene rings is 4. The second kappa shape index (κ2) is 14.0. The van der Waals surface area contributed by atoms with Gasteiger partial charge in [-0.2, -0.15) is 0 Å². The molecule has 1 N–H and O–H groups in total. The lowest BCUT2D eigenvalue weighted by atomic mass is 9.95. The van der Waals surface area contributed by atoms with Gasteiger partial charge in [0.1, 0.15) is 12.4 Å². The maximum atomic E-state index is 14.2. The molecule has 2 heterocycles. The van der Waals surface area contributed by atoms with Gasteiger partial charge in [0.15, 0.2) is 16.3 Å². The van der Waals surface area contributed by atoms with E-state index in [2.05, 4.69) is 21.2 Å². The normalized spacial score (nSPS) is 14.3. The van der Waals surface area contributed by atoms with Crippen LogP contribution in [0.2, 0.25) is 5.02 Å². The number of carbonyl (C=O) groups is 1. The minimum Gasteiger partial charge on any atom is -0.497 e. The van der Waals surface area contributed by atoms with E-state index in [1.54, 1.807) is 48.9 Å². The number of aromatic nitrogens is 1. The number of anilines is 1. The van der Waals surface area contributed by atoms with Gasteiger partial charge < -0.3 is 19.5 Å². The lowest BCUT2D eigenvalue weighted by molar-refractivity contribution is -0.113. The maximum Gasteiger partial charge on any atom is 0.271 e. The van der Waals surface area contributed by atoms with Crippen LogP contribution in [0.1, 0.15) is 29.7 Å². The molecular formula is C36H29BrClN3O5S. The summed E-state index contributed by atoms with van der Waals surface area (Å²) >= 11 is 11.4. The smallest absolute Gasteiger partial charge is 0.271 e. The SMILES string of the molecule is COc1cccc([C@H]2C(C(=O)Nc3ccccc3)=C(C)N=c3s/c(=C\c4cc(Cl)c(OCc5ccc(Br)cc5)c(OC)c4)c(=O)n32)c1. The van der Waals surface area contributed by atoms with Gasteiger partial charge in [0, 0.05) is 10.2 Å². The van der Waals surface area contributed by atoms with Gasteiger partial charge in [0.05, 0.1) is 41.1 Å². The minimum atomic E-state index is -0.750. The highest BCUT2D eigenvalue weighted by atomic mass is 79.9. The molecule has 0 bridgehead atoms. The Hall–Kier alpha value is -4.64. The number of hydrogen-bond acceptors (Lipinski definition) is 7. The number of amides is 1. The zero-order valence-electron chi connectivity index (χ0n) is 25.6. The van der Waals surface area contributed by atoms with E-state index in [-0.39, 0.29) is 11.5 Å². The summed E-state index contributed by atoms with van der Waals surface area (Å²) < 4.78 is 20.1. The molecule has 1 amide bonds. The van der Waals surface area contributed by atoms with Crippen LogP contribution in [0.3, 0.4) is 0 Å². The third-order valence-corrected chi connectivity index (χ3v) is 9.35. The Bertz CT molecular complexity index is 2180. The second-order valence-corrected chi connectivity index (χ2v) is 13.0. The molecule has 8 nitrogen and oxygen atoms in total. The molecule has 238 valence electrons. The van der Waals surface area contributed by atoms with Crippen LogP contribution >= 0.6 is 38.9 Å². The van der Waals surface area contributed by atoms with Gasteiger partial charge in [0.2, 0.25) is 0 Å². The zero-order chi connectivity index (χ0) is 33.1. The molecule has 1 aromatic heterocycles. The van der Waals surface area contributed by atoms with E-state index in [1.807, 2.05) is 66.7 Å². The topological polar surface area (TPSA) is 91.2 Å². The number of rotatable bonds is 9. The number of thiazole rings is 1. The summed E-state index contributed by atoms with van der Waals surface area (Å²) in [4.78, 5) is 33.2. The summed E-state index contributed by atoms with van der Waals surface area (Å²) in [7, 11) is 3.11. The number of ether oxygens (including phenoxy) is 3. The average molecular weight is 731 g/mol. The number of carbonyl (C=O) groups excluding carboxylic acids is 1. The van der Waals surface area contributed by atoms with Gasteiger partial charge in [0.25, 0.3) is 11.5 Å². The van der Waals surface area contributed by atoms with Crippen LogP contribution in [0.5, 0.6) is 17.2 Å². The Morgan fingerprint density at radius 3 is 2.51 bits per heavy atom. The molecule has 0 aliphatic carbocycles.